The average molecular weight is 629 g/mol. The highest BCUT2D eigenvalue weighted by atomic mass is 16.4. The third-order valence-electron chi connectivity index (χ3n) is 7.58. The minimum absolute atomic E-state index is 0.0331. The van der Waals surface area contributed by atoms with E-state index in [0.29, 0.717) is 65.4 Å². The molecule has 1 aliphatic rings. The number of amides is 2. The summed E-state index contributed by atoms with van der Waals surface area (Å²) in [5.41, 5.74) is 1.06. The van der Waals surface area contributed by atoms with Crippen molar-refractivity contribution in [2.45, 2.75) is 64.6 Å². The number of carboxylic acid groups (broad SMARTS) is 2. The third-order valence-corrected chi connectivity index (χ3v) is 7.58. The first-order valence-electron chi connectivity index (χ1n) is 15.8. The minimum atomic E-state index is -0.976. The molecule has 1 heterocycles. The van der Waals surface area contributed by atoms with E-state index >= 15 is 0 Å². The summed E-state index contributed by atoms with van der Waals surface area (Å²) < 4.78 is 0. The standard InChI is InChI=1S/C30H56N6O8/c1-4-6-8-31-27(39)19-26(38)18-25(37)7-9-32-28(40)21-34-12-10-33(20-24(3)5-2)11-14-35(22-29(41)42)16-17-36(15-13-34)23-30(43)44/h25-26,37-38H,3-23H2,1-2H3,(H,31,39)(H,32,40)(H,41,42)(H,43,44)/t25-,26-/m0/s1. The highest BCUT2D eigenvalue weighted by molar-refractivity contribution is 5.78. The Morgan fingerprint density at radius 3 is 1.59 bits per heavy atom. The highest BCUT2D eigenvalue weighted by Crippen LogP contribution is 2.07. The van der Waals surface area contributed by atoms with Gasteiger partial charge in [0.25, 0.3) is 0 Å². The van der Waals surface area contributed by atoms with E-state index in [0.717, 1.165) is 24.8 Å². The largest absolute Gasteiger partial charge is 0.480 e. The zero-order chi connectivity index (χ0) is 32.9. The molecule has 0 aromatic heterocycles. The van der Waals surface area contributed by atoms with E-state index in [9.17, 15) is 39.6 Å². The second-order valence-electron chi connectivity index (χ2n) is 11.6. The number of aliphatic hydroxyl groups excluding tert-OH is 2. The number of carbonyl (C=O) groups is 4. The van der Waals surface area contributed by atoms with Crippen molar-refractivity contribution < 1.29 is 39.6 Å². The van der Waals surface area contributed by atoms with E-state index in [-0.39, 0.29) is 57.3 Å². The lowest BCUT2D eigenvalue weighted by atomic mass is 10.1. The minimum Gasteiger partial charge on any atom is -0.480 e. The topological polar surface area (TPSA) is 186 Å². The number of rotatable bonds is 19. The van der Waals surface area contributed by atoms with E-state index in [4.69, 9.17) is 0 Å². The molecule has 1 fully saturated rings. The van der Waals surface area contributed by atoms with Gasteiger partial charge in [0.2, 0.25) is 11.8 Å². The summed E-state index contributed by atoms with van der Waals surface area (Å²) in [5.74, 6) is -2.40. The van der Waals surface area contributed by atoms with Crippen LogP contribution >= 0.6 is 0 Å². The van der Waals surface area contributed by atoms with Gasteiger partial charge in [-0.05, 0) is 25.7 Å². The summed E-state index contributed by atoms with van der Waals surface area (Å²) in [6.45, 7) is 13.3. The Labute approximate surface area is 262 Å². The number of nitrogens with one attached hydrogen (secondary N) is 2. The summed E-state index contributed by atoms with van der Waals surface area (Å²) in [6.07, 6.45) is 0.973. The van der Waals surface area contributed by atoms with Crippen LogP contribution in [0.15, 0.2) is 12.2 Å². The molecule has 44 heavy (non-hydrogen) atoms. The maximum atomic E-state index is 12.8. The van der Waals surface area contributed by atoms with E-state index in [2.05, 4.69) is 22.1 Å². The molecule has 0 unspecified atom stereocenters. The van der Waals surface area contributed by atoms with Crippen molar-refractivity contribution in [3.05, 3.63) is 12.2 Å². The van der Waals surface area contributed by atoms with Crippen LogP contribution in [-0.2, 0) is 19.2 Å². The Balaban J connectivity index is 2.72. The van der Waals surface area contributed by atoms with Crippen molar-refractivity contribution in [3.63, 3.8) is 0 Å². The van der Waals surface area contributed by atoms with Crippen molar-refractivity contribution in [2.24, 2.45) is 0 Å². The molecule has 1 saturated heterocycles. The van der Waals surface area contributed by atoms with Crippen LogP contribution in [0.4, 0.5) is 0 Å². The molecule has 0 saturated carbocycles. The summed E-state index contributed by atoms with van der Waals surface area (Å²) in [4.78, 5) is 55.4. The molecule has 0 bridgehead atoms. The van der Waals surface area contributed by atoms with E-state index < -0.39 is 24.1 Å². The van der Waals surface area contributed by atoms with Gasteiger partial charge in [-0.25, -0.2) is 0 Å². The predicted octanol–water partition coefficient (Wildman–Crippen LogP) is -0.732. The molecule has 0 spiro atoms. The fraction of sp³-hybridized carbons (Fsp3) is 0.800. The molecule has 2 atom stereocenters. The zero-order valence-electron chi connectivity index (χ0n) is 26.7. The van der Waals surface area contributed by atoms with Gasteiger partial charge in [0.05, 0.1) is 38.3 Å². The van der Waals surface area contributed by atoms with Gasteiger partial charge in [-0.3, -0.25) is 38.8 Å². The van der Waals surface area contributed by atoms with Crippen molar-refractivity contribution >= 4 is 23.8 Å². The zero-order valence-corrected chi connectivity index (χ0v) is 26.7. The van der Waals surface area contributed by atoms with Crippen LogP contribution < -0.4 is 10.6 Å². The number of aliphatic hydroxyl groups is 2. The SMILES string of the molecule is C=C(CC)CN1CCN(CC(=O)O)CCN(CC(=O)O)CCN(CC(=O)NCC[C@H](O)C[C@H](O)CC(=O)NCCCC)CC1. The van der Waals surface area contributed by atoms with Gasteiger partial charge in [0.1, 0.15) is 0 Å². The number of unbranched alkanes of at least 4 members (excludes halogenated alkanes) is 1. The number of carboxylic acids is 2. The van der Waals surface area contributed by atoms with Gasteiger partial charge in [-0.2, -0.15) is 0 Å². The fourth-order valence-corrected chi connectivity index (χ4v) is 4.86. The summed E-state index contributed by atoms with van der Waals surface area (Å²) in [7, 11) is 0. The molecule has 1 aliphatic heterocycles. The summed E-state index contributed by atoms with van der Waals surface area (Å²) in [5, 5.41) is 44.7. The van der Waals surface area contributed by atoms with Crippen LogP contribution in [-0.4, -0.2) is 168 Å². The maximum absolute atomic E-state index is 12.8. The van der Waals surface area contributed by atoms with Gasteiger partial charge >= 0.3 is 11.9 Å². The molecule has 1 rings (SSSR count). The third kappa shape index (κ3) is 19.6. The molecule has 2 amide bonds. The molecular formula is C30H56N6O8. The van der Waals surface area contributed by atoms with Crippen molar-refractivity contribution in [1.29, 1.82) is 0 Å². The summed E-state index contributed by atoms with van der Waals surface area (Å²) >= 11 is 0. The van der Waals surface area contributed by atoms with Gasteiger partial charge in [-0.1, -0.05) is 32.4 Å². The van der Waals surface area contributed by atoms with E-state index in [1.807, 2.05) is 23.6 Å². The van der Waals surface area contributed by atoms with Gasteiger partial charge in [0.15, 0.2) is 0 Å². The van der Waals surface area contributed by atoms with Crippen LogP contribution in [0.1, 0.15) is 52.4 Å². The normalized spacial score (nSPS) is 18.0. The fourth-order valence-electron chi connectivity index (χ4n) is 4.86. The second-order valence-corrected chi connectivity index (χ2v) is 11.6. The molecule has 0 aromatic carbocycles. The first-order valence-corrected chi connectivity index (χ1v) is 15.8. The molecule has 0 aliphatic carbocycles. The Morgan fingerprint density at radius 1 is 0.682 bits per heavy atom. The number of aliphatic carboxylic acids is 2. The van der Waals surface area contributed by atoms with Crippen LogP contribution in [0.3, 0.4) is 0 Å². The Morgan fingerprint density at radius 2 is 1.14 bits per heavy atom. The number of hydrogen-bond donors (Lipinski definition) is 6. The van der Waals surface area contributed by atoms with Crippen molar-refractivity contribution in [1.82, 2.24) is 30.2 Å². The van der Waals surface area contributed by atoms with Crippen LogP contribution in [0.5, 0.6) is 0 Å². The predicted molar refractivity (Wildman–Crippen MR) is 167 cm³/mol. The molecule has 0 aromatic rings. The lowest BCUT2D eigenvalue weighted by molar-refractivity contribution is -0.140. The van der Waals surface area contributed by atoms with E-state index in [1.165, 1.54) is 0 Å². The number of carbonyl (C=O) groups excluding carboxylic acids is 2. The van der Waals surface area contributed by atoms with Crippen LogP contribution in [0, 0.1) is 0 Å². The first kappa shape index (κ1) is 39.4. The molecular weight excluding hydrogens is 572 g/mol. The van der Waals surface area contributed by atoms with Crippen molar-refractivity contribution in [2.75, 3.05) is 91.6 Å². The van der Waals surface area contributed by atoms with Crippen LogP contribution in [0.25, 0.3) is 0 Å². The molecule has 0 radical (unpaired) electrons. The molecule has 6 N–H and O–H groups in total. The Bertz CT molecular complexity index is 892. The smallest absolute Gasteiger partial charge is 0.317 e. The average Bonchev–Trinajstić information content (AvgIpc) is 2.93. The summed E-state index contributed by atoms with van der Waals surface area (Å²) in [6, 6.07) is 0. The molecule has 254 valence electrons. The van der Waals surface area contributed by atoms with Crippen molar-refractivity contribution in [3.8, 4) is 0 Å². The van der Waals surface area contributed by atoms with Gasteiger partial charge in [-0.15, -0.1) is 0 Å². The molecule has 14 heteroatoms. The van der Waals surface area contributed by atoms with Gasteiger partial charge in [0, 0.05) is 72.0 Å². The Hall–Kier alpha value is -2.62. The lowest BCUT2D eigenvalue weighted by Gasteiger charge is -2.33. The Kier molecular flexibility index (Phi) is 20.4. The maximum Gasteiger partial charge on any atom is 0.317 e. The van der Waals surface area contributed by atoms with E-state index in [1.54, 1.807) is 4.90 Å². The molecule has 14 nitrogen and oxygen atoms in total. The van der Waals surface area contributed by atoms with Crippen LogP contribution in [0.2, 0.25) is 0 Å². The van der Waals surface area contributed by atoms with Gasteiger partial charge < -0.3 is 31.1 Å². The monoisotopic (exact) mass is 628 g/mol. The number of hydrogen-bond acceptors (Lipinski definition) is 10. The quantitative estimate of drug-likeness (QED) is 0.0779. The number of nitrogens with zero attached hydrogens (tertiary/aromatic N) is 4. The lowest BCUT2D eigenvalue weighted by Crippen LogP contribution is -2.49. The first-order chi connectivity index (χ1) is 20.9. The second kappa shape index (κ2) is 22.8. The highest BCUT2D eigenvalue weighted by Gasteiger charge is 2.21.